The lowest BCUT2D eigenvalue weighted by molar-refractivity contribution is 0.0731. The Morgan fingerprint density at radius 3 is 2.70 bits per heavy atom. The first-order valence-electron chi connectivity index (χ1n) is 7.70. The first kappa shape index (κ1) is 16.0. The molecule has 1 N–H and O–H groups in total. The highest BCUT2D eigenvalue weighted by Gasteiger charge is 2.20. The second-order valence-corrected chi connectivity index (χ2v) is 6.37. The molecule has 3 rings (SSSR count). The zero-order chi connectivity index (χ0) is 16.1. The Morgan fingerprint density at radius 1 is 1.13 bits per heavy atom. The fraction of sp³-hybridized carbons (Fsp3) is 0.278. The van der Waals surface area contributed by atoms with E-state index in [0.717, 1.165) is 36.2 Å². The molecule has 4 nitrogen and oxygen atoms in total. The van der Waals surface area contributed by atoms with E-state index in [9.17, 15) is 4.79 Å². The summed E-state index contributed by atoms with van der Waals surface area (Å²) < 4.78 is 6.92. The van der Waals surface area contributed by atoms with Crippen LogP contribution in [0.5, 0.6) is 5.75 Å². The van der Waals surface area contributed by atoms with Gasteiger partial charge in [0.2, 0.25) is 0 Å². The number of halogens is 1. The molecule has 0 radical (unpaired) electrons. The van der Waals surface area contributed by atoms with E-state index in [0.29, 0.717) is 17.9 Å². The molecule has 0 aliphatic carbocycles. The number of benzene rings is 2. The van der Waals surface area contributed by atoms with Crippen molar-refractivity contribution >= 4 is 21.8 Å². The number of amides is 1. The van der Waals surface area contributed by atoms with Gasteiger partial charge in [0, 0.05) is 30.7 Å². The summed E-state index contributed by atoms with van der Waals surface area (Å²) in [5.74, 6) is 0.673. The average molecular weight is 375 g/mol. The van der Waals surface area contributed by atoms with Gasteiger partial charge < -0.3 is 15.0 Å². The van der Waals surface area contributed by atoms with Gasteiger partial charge >= 0.3 is 0 Å². The van der Waals surface area contributed by atoms with Gasteiger partial charge in [-0.1, -0.05) is 40.2 Å². The molecule has 120 valence electrons. The lowest BCUT2D eigenvalue weighted by Crippen LogP contribution is -2.46. The van der Waals surface area contributed by atoms with Gasteiger partial charge in [-0.15, -0.1) is 0 Å². The van der Waals surface area contributed by atoms with E-state index in [1.54, 1.807) is 0 Å². The van der Waals surface area contributed by atoms with Crippen LogP contribution in [0.3, 0.4) is 0 Å². The molecule has 0 saturated carbocycles. The summed E-state index contributed by atoms with van der Waals surface area (Å²) in [5.41, 5.74) is 1.69. The molecule has 5 heteroatoms. The molecule has 2 aromatic rings. The minimum absolute atomic E-state index is 0.0383. The highest BCUT2D eigenvalue weighted by molar-refractivity contribution is 9.10. The lowest BCUT2D eigenvalue weighted by Gasteiger charge is -2.28. The number of hydrogen-bond donors (Lipinski definition) is 1. The molecule has 0 bridgehead atoms. The number of rotatable bonds is 4. The van der Waals surface area contributed by atoms with Gasteiger partial charge in [-0.2, -0.15) is 0 Å². The Morgan fingerprint density at radius 2 is 1.91 bits per heavy atom. The van der Waals surface area contributed by atoms with Crippen molar-refractivity contribution in [3.05, 3.63) is 64.1 Å². The maximum Gasteiger partial charge on any atom is 0.257 e. The minimum atomic E-state index is 0.0383. The van der Waals surface area contributed by atoms with Crippen molar-refractivity contribution in [1.29, 1.82) is 0 Å². The standard InChI is InChI=1S/C18H19BrN2O2/c19-15-5-3-4-14(12-15)13-23-17-7-2-1-6-16(17)18(22)21-10-8-20-9-11-21/h1-7,12,20H,8-11,13H2. The first-order valence-corrected chi connectivity index (χ1v) is 8.49. The molecule has 23 heavy (non-hydrogen) atoms. The smallest absolute Gasteiger partial charge is 0.257 e. The molecular weight excluding hydrogens is 356 g/mol. The second kappa shape index (κ2) is 7.62. The Hall–Kier alpha value is -1.85. The van der Waals surface area contributed by atoms with Crippen molar-refractivity contribution in [1.82, 2.24) is 10.2 Å². The van der Waals surface area contributed by atoms with Crippen LogP contribution in [0.1, 0.15) is 15.9 Å². The van der Waals surface area contributed by atoms with Crippen LogP contribution in [-0.4, -0.2) is 37.0 Å². The normalized spacial score (nSPS) is 14.6. The number of nitrogens with one attached hydrogen (secondary N) is 1. The number of ether oxygens (including phenoxy) is 1. The molecule has 0 unspecified atom stereocenters. The van der Waals surface area contributed by atoms with Gasteiger partial charge in [0.05, 0.1) is 5.56 Å². The summed E-state index contributed by atoms with van der Waals surface area (Å²) in [5, 5.41) is 3.26. The van der Waals surface area contributed by atoms with Crippen LogP contribution in [0.25, 0.3) is 0 Å². The zero-order valence-corrected chi connectivity index (χ0v) is 14.4. The topological polar surface area (TPSA) is 41.6 Å². The van der Waals surface area contributed by atoms with Crippen LogP contribution in [-0.2, 0) is 6.61 Å². The predicted octanol–water partition coefficient (Wildman–Crippen LogP) is 3.07. The molecule has 1 saturated heterocycles. The van der Waals surface area contributed by atoms with Crippen molar-refractivity contribution in [3.8, 4) is 5.75 Å². The monoisotopic (exact) mass is 374 g/mol. The van der Waals surface area contributed by atoms with Gasteiger partial charge in [-0.05, 0) is 29.8 Å². The Bertz CT molecular complexity index is 684. The Labute approximate surface area is 144 Å². The highest BCUT2D eigenvalue weighted by Crippen LogP contribution is 2.22. The van der Waals surface area contributed by atoms with Gasteiger partial charge in [0.25, 0.3) is 5.91 Å². The van der Waals surface area contributed by atoms with Crippen LogP contribution < -0.4 is 10.1 Å². The summed E-state index contributed by atoms with van der Waals surface area (Å²) in [4.78, 5) is 14.6. The molecule has 1 aliphatic heterocycles. The number of hydrogen-bond acceptors (Lipinski definition) is 3. The van der Waals surface area contributed by atoms with Gasteiger partial charge in [-0.25, -0.2) is 0 Å². The number of nitrogens with zero attached hydrogens (tertiary/aromatic N) is 1. The number of para-hydroxylation sites is 1. The number of piperazine rings is 1. The van der Waals surface area contributed by atoms with E-state index in [4.69, 9.17) is 4.74 Å². The quantitative estimate of drug-likeness (QED) is 0.893. The summed E-state index contributed by atoms with van der Waals surface area (Å²) in [7, 11) is 0. The van der Waals surface area contributed by atoms with E-state index >= 15 is 0 Å². The van der Waals surface area contributed by atoms with Crippen LogP contribution in [0.15, 0.2) is 53.0 Å². The average Bonchev–Trinajstić information content (AvgIpc) is 2.60. The summed E-state index contributed by atoms with van der Waals surface area (Å²) in [6.07, 6.45) is 0. The molecule has 1 fully saturated rings. The molecular formula is C18H19BrN2O2. The third-order valence-electron chi connectivity index (χ3n) is 3.81. The SMILES string of the molecule is O=C(c1ccccc1OCc1cccc(Br)c1)N1CCNCC1. The number of carbonyl (C=O) groups is 1. The van der Waals surface area contributed by atoms with E-state index in [1.807, 2.05) is 53.4 Å². The summed E-state index contributed by atoms with van der Waals surface area (Å²) >= 11 is 3.46. The van der Waals surface area contributed by atoms with Gasteiger partial charge in [0.1, 0.15) is 12.4 Å². The van der Waals surface area contributed by atoms with Crippen LogP contribution in [0.2, 0.25) is 0 Å². The van der Waals surface area contributed by atoms with Gasteiger partial charge in [-0.3, -0.25) is 4.79 Å². The molecule has 1 amide bonds. The third kappa shape index (κ3) is 4.12. The summed E-state index contributed by atoms with van der Waals surface area (Å²) in [6, 6.07) is 15.4. The fourth-order valence-corrected chi connectivity index (χ4v) is 3.04. The van der Waals surface area contributed by atoms with Crippen molar-refractivity contribution in [2.24, 2.45) is 0 Å². The van der Waals surface area contributed by atoms with E-state index in [1.165, 1.54) is 0 Å². The van der Waals surface area contributed by atoms with Crippen molar-refractivity contribution < 1.29 is 9.53 Å². The van der Waals surface area contributed by atoms with E-state index in [-0.39, 0.29) is 5.91 Å². The maximum absolute atomic E-state index is 12.7. The fourth-order valence-electron chi connectivity index (χ4n) is 2.60. The highest BCUT2D eigenvalue weighted by atomic mass is 79.9. The summed E-state index contributed by atoms with van der Waals surface area (Å²) in [6.45, 7) is 3.59. The van der Waals surface area contributed by atoms with E-state index in [2.05, 4.69) is 21.2 Å². The molecule has 0 atom stereocenters. The number of carbonyl (C=O) groups excluding carboxylic acids is 1. The molecule has 1 aliphatic rings. The van der Waals surface area contributed by atoms with Crippen molar-refractivity contribution in [2.75, 3.05) is 26.2 Å². The minimum Gasteiger partial charge on any atom is -0.488 e. The first-order chi connectivity index (χ1) is 11.2. The Balaban J connectivity index is 1.73. The zero-order valence-electron chi connectivity index (χ0n) is 12.8. The predicted molar refractivity (Wildman–Crippen MR) is 93.7 cm³/mol. The molecule has 0 spiro atoms. The lowest BCUT2D eigenvalue weighted by atomic mass is 10.1. The largest absolute Gasteiger partial charge is 0.488 e. The molecule has 1 heterocycles. The van der Waals surface area contributed by atoms with Gasteiger partial charge in [0.15, 0.2) is 0 Å². The van der Waals surface area contributed by atoms with Crippen LogP contribution in [0, 0.1) is 0 Å². The van der Waals surface area contributed by atoms with Crippen LogP contribution >= 0.6 is 15.9 Å². The molecule has 0 aromatic heterocycles. The van der Waals surface area contributed by atoms with Crippen LogP contribution in [0.4, 0.5) is 0 Å². The molecule has 2 aromatic carbocycles. The van der Waals surface area contributed by atoms with Crippen molar-refractivity contribution in [2.45, 2.75) is 6.61 Å². The second-order valence-electron chi connectivity index (χ2n) is 5.46. The van der Waals surface area contributed by atoms with Crippen molar-refractivity contribution in [3.63, 3.8) is 0 Å². The van der Waals surface area contributed by atoms with E-state index < -0.39 is 0 Å². The third-order valence-corrected chi connectivity index (χ3v) is 4.30. The maximum atomic E-state index is 12.7. The Kier molecular flexibility index (Phi) is 5.31.